The first-order chi connectivity index (χ1) is 3.46. The quantitative estimate of drug-likeness (QED) is 0.425. The molecule has 3 heteroatoms. The summed E-state index contributed by atoms with van der Waals surface area (Å²) in [6, 6.07) is 0. The third kappa shape index (κ3) is 120. The van der Waals surface area contributed by atoms with Crippen LogP contribution in [0.15, 0.2) is 0 Å². The van der Waals surface area contributed by atoms with Gasteiger partial charge in [0.05, 0.1) is 0 Å². The second kappa shape index (κ2) is 13.1. The Balaban J connectivity index is -0.0000000720. The van der Waals surface area contributed by atoms with Crippen LogP contribution in [0.25, 0.3) is 0 Å². The van der Waals surface area contributed by atoms with Crippen molar-refractivity contribution >= 4 is 39.5 Å². The minimum atomic E-state index is -0.543. The maximum absolute atomic E-state index is 2.36. The molecular formula is C6H18HgSn2. The fourth-order valence-corrected chi connectivity index (χ4v) is 0. The van der Waals surface area contributed by atoms with Crippen LogP contribution in [0.3, 0.4) is 0 Å². The molecule has 2 radical (unpaired) electrons. The molecule has 0 spiro atoms. The van der Waals surface area contributed by atoms with Crippen LogP contribution >= 0.6 is 0 Å². The number of hydrogen-bond donors (Lipinski definition) is 0. The summed E-state index contributed by atoms with van der Waals surface area (Å²) in [6.07, 6.45) is 0. The van der Waals surface area contributed by atoms with E-state index in [-0.39, 0.29) is 27.7 Å². The first kappa shape index (κ1) is 17.6. The molecule has 0 aliphatic heterocycles. The zero-order valence-corrected chi connectivity index (χ0v) is 18.9. The third-order valence-electron chi connectivity index (χ3n) is 0. The van der Waals surface area contributed by atoms with Gasteiger partial charge in [-0.1, -0.05) is 0 Å². The second-order valence-corrected chi connectivity index (χ2v) is 20.1. The Hall–Kier alpha value is 2.53. The molecule has 52 valence electrons. The van der Waals surface area contributed by atoms with Crippen molar-refractivity contribution in [2.75, 3.05) is 0 Å². The predicted molar refractivity (Wildman–Crippen MR) is 46.7 cm³/mol. The van der Waals surface area contributed by atoms with Gasteiger partial charge in [-0.2, -0.15) is 0 Å². The van der Waals surface area contributed by atoms with Gasteiger partial charge in [-0.25, -0.2) is 0 Å². The van der Waals surface area contributed by atoms with Crippen molar-refractivity contribution in [3.63, 3.8) is 0 Å². The van der Waals surface area contributed by atoms with Crippen LogP contribution in [0.2, 0.25) is 29.6 Å². The van der Waals surface area contributed by atoms with Gasteiger partial charge in [0.1, 0.15) is 0 Å². The first-order valence-electron chi connectivity index (χ1n) is 3.00. The second-order valence-electron chi connectivity index (χ2n) is 3.00. The van der Waals surface area contributed by atoms with Gasteiger partial charge in [0.25, 0.3) is 0 Å². The molecule has 0 aromatic rings. The van der Waals surface area contributed by atoms with E-state index in [1.165, 1.54) is 0 Å². The average molecular weight is 528 g/mol. The Morgan fingerprint density at radius 2 is 0.556 bits per heavy atom. The molecule has 0 saturated heterocycles. The summed E-state index contributed by atoms with van der Waals surface area (Å²) in [4.78, 5) is 14.2. The van der Waals surface area contributed by atoms with E-state index >= 15 is 0 Å². The monoisotopic (exact) mass is 532 g/mol. The van der Waals surface area contributed by atoms with Gasteiger partial charge in [0, 0.05) is 27.7 Å². The zero-order chi connectivity index (χ0) is 7.15. The fraction of sp³-hybridized carbons (Fsp3) is 1.00. The molecule has 0 nitrogen and oxygen atoms in total. The van der Waals surface area contributed by atoms with Crippen LogP contribution in [-0.4, -0.2) is 39.5 Å². The van der Waals surface area contributed by atoms with Crippen LogP contribution < -0.4 is 0 Å². The zero-order valence-electron chi connectivity index (χ0n) is 7.71. The van der Waals surface area contributed by atoms with Gasteiger partial charge in [-0.15, -0.1) is 0 Å². The van der Waals surface area contributed by atoms with Crippen molar-refractivity contribution in [3.05, 3.63) is 0 Å². The van der Waals surface area contributed by atoms with Crippen molar-refractivity contribution in [3.8, 4) is 0 Å². The van der Waals surface area contributed by atoms with Crippen LogP contribution in [0.4, 0.5) is 0 Å². The van der Waals surface area contributed by atoms with E-state index in [1.807, 2.05) is 0 Å². The summed E-state index contributed by atoms with van der Waals surface area (Å²) >= 11 is -1.09. The molecule has 0 atom stereocenters. The van der Waals surface area contributed by atoms with Crippen molar-refractivity contribution < 1.29 is 27.7 Å². The van der Waals surface area contributed by atoms with Crippen LogP contribution in [0, 0.1) is 0 Å². The normalized spacial score (nSPS) is 8.00. The van der Waals surface area contributed by atoms with Crippen molar-refractivity contribution in [2.45, 2.75) is 29.6 Å². The topological polar surface area (TPSA) is 0 Å². The molecule has 0 fully saturated rings. The van der Waals surface area contributed by atoms with Crippen molar-refractivity contribution in [2.24, 2.45) is 0 Å². The van der Waals surface area contributed by atoms with E-state index in [0.29, 0.717) is 0 Å². The molecule has 0 amide bonds. The van der Waals surface area contributed by atoms with Gasteiger partial charge < -0.3 is 0 Å². The standard InChI is InChI=1S/6CH3.Hg.2Sn/h6*1H3;;;. The van der Waals surface area contributed by atoms with E-state index in [1.54, 1.807) is 0 Å². The molecule has 0 aliphatic rings. The Bertz CT molecular complexity index is 26.5. The predicted octanol–water partition coefficient (Wildman–Crippen LogP) is 2.74. The van der Waals surface area contributed by atoms with Crippen LogP contribution in [0.5, 0.6) is 0 Å². The Labute approximate surface area is 95.2 Å². The molecule has 0 unspecified atom stereocenters. The van der Waals surface area contributed by atoms with Gasteiger partial charge in [0.15, 0.2) is 0 Å². The van der Waals surface area contributed by atoms with Crippen molar-refractivity contribution in [1.29, 1.82) is 0 Å². The molecule has 0 aromatic heterocycles. The van der Waals surface area contributed by atoms with Gasteiger partial charge in [-0.05, 0) is 0 Å². The van der Waals surface area contributed by atoms with Crippen LogP contribution in [-0.2, 0) is 27.7 Å². The van der Waals surface area contributed by atoms with E-state index in [4.69, 9.17) is 0 Å². The molecule has 0 aliphatic carbocycles. The maximum atomic E-state index is 2.36. The van der Waals surface area contributed by atoms with E-state index < -0.39 is 39.5 Å². The van der Waals surface area contributed by atoms with E-state index in [2.05, 4.69) is 29.6 Å². The number of rotatable bonds is 0. The SMILES string of the molecule is [CH3][Sn]([CH3])[CH3].[CH3][Sn]([CH3])[CH3].[Hg]. The summed E-state index contributed by atoms with van der Waals surface area (Å²) in [5.41, 5.74) is 0. The smallest absolute Gasteiger partial charge is 0 e. The van der Waals surface area contributed by atoms with Gasteiger partial charge in [-0.3, -0.25) is 0 Å². The largest absolute Gasteiger partial charge is 0 e. The molecule has 0 bridgehead atoms. The first-order valence-corrected chi connectivity index (χ1v) is 20.1. The Kier molecular flexibility index (Phi) is 25.7. The molecular weight excluding hydrogens is 510 g/mol. The Morgan fingerprint density at radius 1 is 0.556 bits per heavy atom. The van der Waals surface area contributed by atoms with Gasteiger partial charge in [0.2, 0.25) is 0 Å². The molecule has 0 aromatic carbocycles. The summed E-state index contributed by atoms with van der Waals surface area (Å²) in [6.45, 7) is 0. The number of hydrogen-bond acceptors (Lipinski definition) is 0. The fourth-order valence-electron chi connectivity index (χ4n) is 0. The molecule has 0 N–H and O–H groups in total. The maximum Gasteiger partial charge on any atom is 0 e. The minimum absolute atomic E-state index is 0. The third-order valence-corrected chi connectivity index (χ3v) is 0. The summed E-state index contributed by atoms with van der Waals surface area (Å²) < 4.78 is 0. The molecule has 9 heavy (non-hydrogen) atoms. The molecule has 0 saturated carbocycles. The minimum Gasteiger partial charge on any atom is 0 e. The van der Waals surface area contributed by atoms with Gasteiger partial charge >= 0.3 is 69.2 Å². The summed E-state index contributed by atoms with van der Waals surface area (Å²) in [5, 5.41) is 0. The molecule has 0 heterocycles. The summed E-state index contributed by atoms with van der Waals surface area (Å²) in [7, 11) is 0. The van der Waals surface area contributed by atoms with Crippen molar-refractivity contribution in [1.82, 2.24) is 0 Å². The van der Waals surface area contributed by atoms with Crippen LogP contribution in [0.1, 0.15) is 0 Å². The Morgan fingerprint density at radius 3 is 0.556 bits per heavy atom. The summed E-state index contributed by atoms with van der Waals surface area (Å²) in [5.74, 6) is 0. The van der Waals surface area contributed by atoms with E-state index in [0.717, 1.165) is 0 Å². The van der Waals surface area contributed by atoms with E-state index in [9.17, 15) is 0 Å². The molecule has 0 rings (SSSR count). The average Bonchev–Trinajstić information content (AvgIpc) is 1.25.